The van der Waals surface area contributed by atoms with Gasteiger partial charge in [0, 0.05) is 20.1 Å². The van der Waals surface area contributed by atoms with Gasteiger partial charge in [-0.1, -0.05) is 18.2 Å². The molecular weight excluding hydrogens is 309 g/mol. The molecule has 126 valence electrons. The normalized spacial score (nSPS) is 13.0. The molecule has 5 nitrogen and oxygen atoms in total. The first-order valence-electron chi connectivity index (χ1n) is 7.74. The van der Waals surface area contributed by atoms with Crippen LogP contribution in [0.3, 0.4) is 0 Å². The summed E-state index contributed by atoms with van der Waals surface area (Å²) >= 11 is 0. The van der Waals surface area contributed by atoms with Crippen molar-refractivity contribution in [3.63, 3.8) is 0 Å². The Labute approximate surface area is 140 Å². The van der Waals surface area contributed by atoms with Crippen LogP contribution in [0.2, 0.25) is 0 Å². The van der Waals surface area contributed by atoms with Gasteiger partial charge in [-0.2, -0.15) is 0 Å². The van der Waals surface area contributed by atoms with Gasteiger partial charge in [-0.15, -0.1) is 0 Å². The summed E-state index contributed by atoms with van der Waals surface area (Å²) in [5.41, 5.74) is 2.57. The number of hydrogen-bond acceptors (Lipinski definition) is 3. The Morgan fingerprint density at radius 3 is 2.42 bits per heavy atom. The number of fused-ring (bicyclic) bond motifs is 1. The largest absolute Gasteiger partial charge is 0.454 e. The third-order valence-corrected chi connectivity index (χ3v) is 3.82. The van der Waals surface area contributed by atoms with Gasteiger partial charge in [0.1, 0.15) is 5.82 Å². The van der Waals surface area contributed by atoms with E-state index in [1.165, 1.54) is 6.07 Å². The monoisotopic (exact) mass is 329 g/mol. The molecule has 2 aromatic carbocycles. The van der Waals surface area contributed by atoms with Gasteiger partial charge in [-0.05, 0) is 41.8 Å². The van der Waals surface area contributed by atoms with Crippen molar-refractivity contribution in [3.05, 3.63) is 58.9 Å². The van der Waals surface area contributed by atoms with E-state index in [2.05, 4.69) is 15.6 Å². The highest BCUT2D eigenvalue weighted by Gasteiger charge is 2.13. The van der Waals surface area contributed by atoms with Crippen molar-refractivity contribution in [1.29, 1.82) is 0 Å². The molecule has 0 unspecified atom stereocenters. The van der Waals surface area contributed by atoms with Crippen molar-refractivity contribution >= 4 is 5.96 Å². The number of guanidine groups is 1. The van der Waals surface area contributed by atoms with E-state index < -0.39 is 0 Å². The van der Waals surface area contributed by atoms with Gasteiger partial charge in [-0.3, -0.25) is 4.99 Å². The fraction of sp³-hybridized carbons (Fsp3) is 0.278. The summed E-state index contributed by atoms with van der Waals surface area (Å²) in [6, 6.07) is 11.0. The maximum absolute atomic E-state index is 13.6. The summed E-state index contributed by atoms with van der Waals surface area (Å²) < 4.78 is 24.2. The standard InChI is InChI=1S/C18H20FN3O2/c1-12-3-4-13(7-15(12)19)9-21-18(20-2)22-10-14-5-6-16-17(8-14)24-11-23-16/h3-8H,9-11H2,1-2H3,(H2,20,21,22). The van der Waals surface area contributed by atoms with Crippen molar-refractivity contribution in [1.82, 2.24) is 10.6 Å². The lowest BCUT2D eigenvalue weighted by Crippen LogP contribution is -2.36. The fourth-order valence-corrected chi connectivity index (χ4v) is 2.39. The second-order valence-corrected chi connectivity index (χ2v) is 5.55. The first kappa shape index (κ1) is 16.1. The zero-order chi connectivity index (χ0) is 16.9. The molecule has 6 heteroatoms. The number of nitrogens with one attached hydrogen (secondary N) is 2. The zero-order valence-corrected chi connectivity index (χ0v) is 13.7. The number of benzene rings is 2. The number of halogens is 1. The predicted octanol–water partition coefficient (Wildman–Crippen LogP) is 2.73. The highest BCUT2D eigenvalue weighted by atomic mass is 19.1. The SMILES string of the molecule is CN=C(NCc1ccc(C)c(F)c1)NCc1ccc2c(c1)OCO2. The second kappa shape index (κ2) is 7.21. The van der Waals surface area contributed by atoms with Crippen LogP contribution < -0.4 is 20.1 Å². The average Bonchev–Trinajstić information content (AvgIpc) is 3.06. The van der Waals surface area contributed by atoms with Crippen LogP contribution >= 0.6 is 0 Å². The van der Waals surface area contributed by atoms with Crippen LogP contribution in [0.5, 0.6) is 11.5 Å². The number of aryl methyl sites for hydroxylation is 1. The Morgan fingerprint density at radius 1 is 1.04 bits per heavy atom. The molecule has 0 atom stereocenters. The molecule has 1 aliphatic heterocycles. The lowest BCUT2D eigenvalue weighted by molar-refractivity contribution is 0.174. The Morgan fingerprint density at radius 2 is 1.71 bits per heavy atom. The molecule has 0 radical (unpaired) electrons. The third kappa shape index (κ3) is 3.76. The lowest BCUT2D eigenvalue weighted by Gasteiger charge is -2.12. The van der Waals surface area contributed by atoms with Crippen molar-refractivity contribution in [3.8, 4) is 11.5 Å². The Hall–Kier alpha value is -2.76. The molecule has 1 aliphatic rings. The Balaban J connectivity index is 1.54. The summed E-state index contributed by atoms with van der Waals surface area (Å²) in [7, 11) is 1.70. The molecule has 1 heterocycles. The second-order valence-electron chi connectivity index (χ2n) is 5.55. The van der Waals surface area contributed by atoms with Crippen molar-refractivity contribution < 1.29 is 13.9 Å². The summed E-state index contributed by atoms with van der Waals surface area (Å²) in [5.74, 6) is 1.97. The van der Waals surface area contributed by atoms with Gasteiger partial charge in [0.15, 0.2) is 17.5 Å². The van der Waals surface area contributed by atoms with E-state index in [0.717, 1.165) is 22.6 Å². The van der Waals surface area contributed by atoms with E-state index in [1.54, 1.807) is 20.0 Å². The molecular formula is C18H20FN3O2. The van der Waals surface area contributed by atoms with Gasteiger partial charge in [0.2, 0.25) is 6.79 Å². The minimum Gasteiger partial charge on any atom is -0.454 e. The van der Waals surface area contributed by atoms with Crippen molar-refractivity contribution in [2.45, 2.75) is 20.0 Å². The van der Waals surface area contributed by atoms with Crippen LogP contribution in [-0.2, 0) is 13.1 Å². The predicted molar refractivity (Wildman–Crippen MR) is 90.7 cm³/mol. The smallest absolute Gasteiger partial charge is 0.231 e. The average molecular weight is 329 g/mol. The molecule has 0 fully saturated rings. The minimum atomic E-state index is -0.197. The van der Waals surface area contributed by atoms with Crippen LogP contribution in [0, 0.1) is 12.7 Å². The molecule has 0 spiro atoms. The topological polar surface area (TPSA) is 54.9 Å². The van der Waals surface area contributed by atoms with Gasteiger partial charge in [0.25, 0.3) is 0 Å². The molecule has 0 saturated heterocycles. The maximum atomic E-state index is 13.6. The first-order chi connectivity index (χ1) is 11.7. The number of rotatable bonds is 4. The molecule has 2 N–H and O–H groups in total. The van der Waals surface area contributed by atoms with Gasteiger partial charge < -0.3 is 20.1 Å². The minimum absolute atomic E-state index is 0.197. The molecule has 2 aromatic rings. The molecule has 0 amide bonds. The summed E-state index contributed by atoms with van der Waals surface area (Å²) in [4.78, 5) is 4.18. The van der Waals surface area contributed by atoms with Crippen LogP contribution in [0.15, 0.2) is 41.4 Å². The molecule has 0 aliphatic carbocycles. The van der Waals surface area contributed by atoms with E-state index in [4.69, 9.17) is 9.47 Å². The Bertz CT molecular complexity index is 762. The number of nitrogens with zero attached hydrogens (tertiary/aromatic N) is 1. The van der Waals surface area contributed by atoms with Crippen LogP contribution in [0.1, 0.15) is 16.7 Å². The molecule has 0 bridgehead atoms. The summed E-state index contributed by atoms with van der Waals surface area (Å²) in [6.45, 7) is 3.11. The maximum Gasteiger partial charge on any atom is 0.231 e. The molecule has 0 aromatic heterocycles. The van der Waals surface area contributed by atoms with E-state index in [-0.39, 0.29) is 12.6 Å². The molecule has 0 saturated carbocycles. The number of hydrogen-bond donors (Lipinski definition) is 2. The molecule has 24 heavy (non-hydrogen) atoms. The summed E-state index contributed by atoms with van der Waals surface area (Å²) in [6.07, 6.45) is 0. The van der Waals surface area contributed by atoms with E-state index in [9.17, 15) is 4.39 Å². The van der Waals surface area contributed by atoms with Crippen LogP contribution in [-0.4, -0.2) is 19.8 Å². The third-order valence-electron chi connectivity index (χ3n) is 3.82. The number of ether oxygens (including phenoxy) is 2. The number of aliphatic imine (C=N–C) groups is 1. The van der Waals surface area contributed by atoms with Crippen molar-refractivity contribution in [2.75, 3.05) is 13.8 Å². The van der Waals surface area contributed by atoms with E-state index in [0.29, 0.717) is 24.6 Å². The molecule has 3 rings (SSSR count). The van der Waals surface area contributed by atoms with E-state index in [1.807, 2.05) is 24.3 Å². The highest BCUT2D eigenvalue weighted by Crippen LogP contribution is 2.32. The van der Waals surface area contributed by atoms with Gasteiger partial charge in [0.05, 0.1) is 0 Å². The van der Waals surface area contributed by atoms with Crippen LogP contribution in [0.4, 0.5) is 4.39 Å². The fourth-order valence-electron chi connectivity index (χ4n) is 2.39. The Kier molecular flexibility index (Phi) is 4.84. The first-order valence-corrected chi connectivity index (χ1v) is 7.74. The van der Waals surface area contributed by atoms with E-state index >= 15 is 0 Å². The van der Waals surface area contributed by atoms with Crippen molar-refractivity contribution in [2.24, 2.45) is 4.99 Å². The zero-order valence-electron chi connectivity index (χ0n) is 13.7. The van der Waals surface area contributed by atoms with Gasteiger partial charge >= 0.3 is 0 Å². The highest BCUT2D eigenvalue weighted by molar-refractivity contribution is 5.79. The quantitative estimate of drug-likeness (QED) is 0.669. The lowest BCUT2D eigenvalue weighted by atomic mass is 10.1. The van der Waals surface area contributed by atoms with Gasteiger partial charge in [-0.25, -0.2) is 4.39 Å². The van der Waals surface area contributed by atoms with Crippen LogP contribution in [0.25, 0.3) is 0 Å². The summed E-state index contributed by atoms with van der Waals surface area (Å²) in [5, 5.41) is 6.39.